The number of hydrogen-bond acceptors (Lipinski definition) is 5. The van der Waals surface area contributed by atoms with E-state index in [1.165, 1.54) is 11.4 Å². The maximum absolute atomic E-state index is 12.7. The Morgan fingerprint density at radius 3 is 2.52 bits per heavy atom. The van der Waals surface area contributed by atoms with Crippen LogP contribution < -0.4 is 15.4 Å². The number of carbonyl (C=O) groups is 1. The van der Waals surface area contributed by atoms with Crippen LogP contribution in [0.25, 0.3) is 0 Å². The van der Waals surface area contributed by atoms with Gasteiger partial charge in [0.25, 0.3) is 0 Å². The van der Waals surface area contributed by atoms with Gasteiger partial charge in [0.2, 0.25) is 10.0 Å². The number of amides is 2. The van der Waals surface area contributed by atoms with Gasteiger partial charge in [0.15, 0.2) is 0 Å². The van der Waals surface area contributed by atoms with E-state index >= 15 is 0 Å². The molecule has 1 aromatic rings. The third-order valence-corrected chi connectivity index (χ3v) is 6.91. The summed E-state index contributed by atoms with van der Waals surface area (Å²) < 4.78 is 37.5. The number of urea groups is 1. The van der Waals surface area contributed by atoms with Crippen molar-refractivity contribution < 1.29 is 22.7 Å². The van der Waals surface area contributed by atoms with Gasteiger partial charge in [-0.2, -0.15) is 4.31 Å². The number of hydrogen-bond donors (Lipinski definition) is 2. The highest BCUT2D eigenvalue weighted by molar-refractivity contribution is 7.89. The molecule has 0 radical (unpaired) electrons. The summed E-state index contributed by atoms with van der Waals surface area (Å²) in [7, 11) is -1.99. The Balaban J connectivity index is 1.46. The van der Waals surface area contributed by atoms with Crippen molar-refractivity contribution in [3.63, 3.8) is 0 Å². The van der Waals surface area contributed by atoms with Crippen LogP contribution in [-0.4, -0.2) is 64.3 Å². The zero-order valence-electron chi connectivity index (χ0n) is 15.5. The summed E-state index contributed by atoms with van der Waals surface area (Å²) in [5.74, 6) is 0.617. The maximum atomic E-state index is 12.7. The number of nitrogens with zero attached hydrogens (tertiary/aromatic N) is 1. The molecule has 0 saturated carbocycles. The summed E-state index contributed by atoms with van der Waals surface area (Å²) >= 11 is 0. The first-order valence-electron chi connectivity index (χ1n) is 9.29. The molecule has 2 saturated heterocycles. The maximum Gasteiger partial charge on any atom is 0.315 e. The Labute approximate surface area is 160 Å². The average molecular weight is 397 g/mol. The molecule has 27 heavy (non-hydrogen) atoms. The van der Waals surface area contributed by atoms with Crippen molar-refractivity contribution in [2.45, 2.75) is 42.7 Å². The third kappa shape index (κ3) is 5.12. The van der Waals surface area contributed by atoms with Crippen LogP contribution in [0, 0.1) is 0 Å². The number of benzene rings is 1. The SMILES string of the molecule is COc1ccc(S(=O)(=O)N2CCC(NC(=O)NCC3CCCO3)CC2)cc1. The summed E-state index contributed by atoms with van der Waals surface area (Å²) in [6, 6.07) is 6.13. The molecule has 2 aliphatic rings. The highest BCUT2D eigenvalue weighted by Crippen LogP contribution is 2.22. The molecule has 3 rings (SSSR count). The van der Waals surface area contributed by atoms with Gasteiger partial charge in [0.05, 0.1) is 18.1 Å². The number of methoxy groups -OCH3 is 1. The number of piperidine rings is 1. The fraction of sp³-hybridized carbons (Fsp3) is 0.611. The van der Waals surface area contributed by atoms with Crippen LogP contribution >= 0.6 is 0 Å². The lowest BCUT2D eigenvalue weighted by Gasteiger charge is -2.31. The quantitative estimate of drug-likeness (QED) is 0.755. The summed E-state index contributed by atoms with van der Waals surface area (Å²) in [5.41, 5.74) is 0. The smallest absolute Gasteiger partial charge is 0.315 e. The van der Waals surface area contributed by atoms with E-state index in [1.807, 2.05) is 0 Å². The molecule has 9 heteroatoms. The number of nitrogens with one attached hydrogen (secondary N) is 2. The molecule has 150 valence electrons. The van der Waals surface area contributed by atoms with E-state index in [-0.39, 0.29) is 23.1 Å². The minimum absolute atomic E-state index is 0.0307. The van der Waals surface area contributed by atoms with Crippen LogP contribution in [0.2, 0.25) is 0 Å². The summed E-state index contributed by atoms with van der Waals surface area (Å²) in [6.45, 7) is 2.03. The van der Waals surface area contributed by atoms with Crippen LogP contribution in [-0.2, 0) is 14.8 Å². The van der Waals surface area contributed by atoms with Crippen molar-refractivity contribution in [1.29, 1.82) is 0 Å². The lowest BCUT2D eigenvalue weighted by Crippen LogP contribution is -2.49. The molecule has 2 fully saturated rings. The van der Waals surface area contributed by atoms with Gasteiger partial charge >= 0.3 is 6.03 Å². The van der Waals surface area contributed by atoms with Gasteiger partial charge in [0, 0.05) is 32.3 Å². The van der Waals surface area contributed by atoms with Crippen LogP contribution in [0.4, 0.5) is 4.79 Å². The minimum atomic E-state index is -3.53. The molecule has 0 spiro atoms. The van der Waals surface area contributed by atoms with Crippen molar-refractivity contribution in [3.8, 4) is 5.75 Å². The second kappa shape index (κ2) is 8.90. The minimum Gasteiger partial charge on any atom is -0.497 e. The normalized spacial score (nSPS) is 21.7. The highest BCUT2D eigenvalue weighted by atomic mass is 32.2. The molecule has 8 nitrogen and oxygen atoms in total. The number of sulfonamides is 1. The molecule has 0 aliphatic carbocycles. The lowest BCUT2D eigenvalue weighted by molar-refractivity contribution is 0.111. The van der Waals surface area contributed by atoms with Crippen molar-refractivity contribution in [3.05, 3.63) is 24.3 Å². The van der Waals surface area contributed by atoms with Gasteiger partial charge in [-0.3, -0.25) is 0 Å². The zero-order valence-corrected chi connectivity index (χ0v) is 16.3. The Morgan fingerprint density at radius 1 is 1.22 bits per heavy atom. The highest BCUT2D eigenvalue weighted by Gasteiger charge is 2.30. The predicted molar refractivity (Wildman–Crippen MR) is 100 cm³/mol. The predicted octanol–water partition coefficient (Wildman–Crippen LogP) is 1.33. The van der Waals surface area contributed by atoms with Crippen LogP contribution in [0.1, 0.15) is 25.7 Å². The fourth-order valence-corrected chi connectivity index (χ4v) is 4.86. The molecular formula is C18H27N3O5S. The van der Waals surface area contributed by atoms with E-state index in [9.17, 15) is 13.2 Å². The molecular weight excluding hydrogens is 370 g/mol. The molecule has 1 atom stereocenters. The van der Waals surface area contributed by atoms with Gasteiger partial charge in [-0.25, -0.2) is 13.2 Å². The van der Waals surface area contributed by atoms with E-state index in [1.54, 1.807) is 24.3 Å². The van der Waals surface area contributed by atoms with Crippen molar-refractivity contribution in [2.75, 3.05) is 33.4 Å². The van der Waals surface area contributed by atoms with E-state index in [0.717, 1.165) is 19.4 Å². The molecule has 2 heterocycles. The van der Waals surface area contributed by atoms with Gasteiger partial charge in [-0.15, -0.1) is 0 Å². The van der Waals surface area contributed by atoms with Crippen molar-refractivity contribution in [2.24, 2.45) is 0 Å². The molecule has 1 aromatic carbocycles. The number of ether oxygens (including phenoxy) is 2. The Morgan fingerprint density at radius 2 is 1.93 bits per heavy atom. The van der Waals surface area contributed by atoms with Crippen molar-refractivity contribution in [1.82, 2.24) is 14.9 Å². The van der Waals surface area contributed by atoms with E-state index in [0.29, 0.717) is 38.2 Å². The van der Waals surface area contributed by atoms with Gasteiger partial charge < -0.3 is 20.1 Å². The Kier molecular flexibility index (Phi) is 6.56. The summed E-state index contributed by atoms with van der Waals surface area (Å²) in [6.07, 6.45) is 3.29. The Hall–Kier alpha value is -1.84. The van der Waals surface area contributed by atoms with E-state index < -0.39 is 10.0 Å². The zero-order chi connectivity index (χ0) is 19.3. The van der Waals surface area contributed by atoms with E-state index in [4.69, 9.17) is 9.47 Å². The third-order valence-electron chi connectivity index (χ3n) is 5.00. The molecule has 1 unspecified atom stereocenters. The van der Waals surface area contributed by atoms with E-state index in [2.05, 4.69) is 10.6 Å². The molecule has 2 N–H and O–H groups in total. The second-order valence-electron chi connectivity index (χ2n) is 6.84. The average Bonchev–Trinajstić information content (AvgIpc) is 3.20. The number of carbonyl (C=O) groups excluding carboxylic acids is 1. The van der Waals surface area contributed by atoms with Gasteiger partial charge in [-0.1, -0.05) is 0 Å². The first-order chi connectivity index (χ1) is 13.0. The van der Waals surface area contributed by atoms with Crippen molar-refractivity contribution >= 4 is 16.1 Å². The monoisotopic (exact) mass is 397 g/mol. The molecule has 0 bridgehead atoms. The topological polar surface area (TPSA) is 97.0 Å². The molecule has 2 amide bonds. The first kappa shape index (κ1) is 19.9. The van der Waals surface area contributed by atoms with Gasteiger partial charge in [-0.05, 0) is 49.9 Å². The molecule has 0 aromatic heterocycles. The van der Waals surface area contributed by atoms with Crippen LogP contribution in [0.3, 0.4) is 0 Å². The summed E-state index contributed by atoms with van der Waals surface area (Å²) in [4.78, 5) is 12.3. The van der Waals surface area contributed by atoms with Crippen LogP contribution in [0.15, 0.2) is 29.2 Å². The summed E-state index contributed by atoms with van der Waals surface area (Å²) in [5, 5.41) is 5.76. The Bertz CT molecular complexity index is 724. The standard InChI is InChI=1S/C18H27N3O5S/c1-25-15-4-6-17(7-5-15)27(23,24)21-10-8-14(9-11-21)20-18(22)19-13-16-3-2-12-26-16/h4-7,14,16H,2-3,8-13H2,1H3,(H2,19,20,22). The first-order valence-corrected chi connectivity index (χ1v) is 10.7. The van der Waals surface area contributed by atoms with Gasteiger partial charge in [0.1, 0.15) is 5.75 Å². The lowest BCUT2D eigenvalue weighted by atomic mass is 10.1. The second-order valence-corrected chi connectivity index (χ2v) is 8.78. The molecule has 2 aliphatic heterocycles. The number of rotatable bonds is 6. The van der Waals surface area contributed by atoms with Crippen LogP contribution in [0.5, 0.6) is 5.75 Å². The largest absolute Gasteiger partial charge is 0.497 e. The fourth-order valence-electron chi connectivity index (χ4n) is 3.39.